The molecule has 1 N–H and O–H groups in total. The highest BCUT2D eigenvalue weighted by Gasteiger charge is 2.45. The first-order chi connectivity index (χ1) is 18.6. The van der Waals surface area contributed by atoms with Crippen LogP contribution in [0.15, 0.2) is 36.4 Å². The van der Waals surface area contributed by atoms with Crippen LogP contribution < -0.4 is 0 Å². The van der Waals surface area contributed by atoms with E-state index in [-0.39, 0.29) is 19.3 Å². The molecule has 1 aliphatic heterocycles. The average Bonchev–Trinajstić information content (AvgIpc) is 2.89. The van der Waals surface area contributed by atoms with Crippen molar-refractivity contribution >= 4 is 16.6 Å². The maximum Gasteiger partial charge on any atom is 0.188 e. The fourth-order valence-electron chi connectivity index (χ4n) is 5.02. The molecule has 2 unspecified atom stereocenters. The van der Waals surface area contributed by atoms with Crippen molar-refractivity contribution in [3.63, 3.8) is 0 Å². The summed E-state index contributed by atoms with van der Waals surface area (Å²) in [5.74, 6) is -1.75. The van der Waals surface area contributed by atoms with Gasteiger partial charge in [-0.1, -0.05) is 31.2 Å². The maximum absolute atomic E-state index is 10.6. The molecule has 6 nitrogen and oxygen atoms in total. The summed E-state index contributed by atoms with van der Waals surface area (Å²) in [5.41, 5.74) is 6.04. The first kappa shape index (κ1) is 33.1. The van der Waals surface area contributed by atoms with E-state index in [2.05, 4.69) is 82.6 Å². The Balaban J connectivity index is 2.21. The van der Waals surface area contributed by atoms with Crippen LogP contribution in [0.1, 0.15) is 62.3 Å². The molecule has 3 rings (SSSR count). The molecule has 224 valence electrons. The predicted molar refractivity (Wildman–Crippen MR) is 167 cm³/mol. The molecule has 2 aromatic carbocycles. The van der Waals surface area contributed by atoms with Gasteiger partial charge < -0.3 is 28.2 Å². The van der Waals surface area contributed by atoms with Gasteiger partial charge in [0.15, 0.2) is 28.2 Å². The summed E-state index contributed by atoms with van der Waals surface area (Å²) in [7, 11) is -2.18. The number of benzene rings is 2. The SMILES string of the molecule is CCc1ccc(-c2cc(CO)c(COC(C)(C)OC)c(C3(O[Si](C)(C)C)CCCC(CO[Si](C)(C)C)O3)c2)cc1. The highest BCUT2D eigenvalue weighted by atomic mass is 28.4. The number of hydrogen-bond acceptors (Lipinski definition) is 6. The number of methoxy groups -OCH3 is 1. The number of aryl methyl sites for hydroxylation is 1. The number of hydrogen-bond donors (Lipinski definition) is 1. The highest BCUT2D eigenvalue weighted by Crippen LogP contribution is 2.45. The van der Waals surface area contributed by atoms with Gasteiger partial charge in [-0.3, -0.25) is 0 Å². The summed E-state index contributed by atoms with van der Waals surface area (Å²) in [6.45, 7) is 19.9. The smallest absolute Gasteiger partial charge is 0.188 e. The van der Waals surface area contributed by atoms with Crippen LogP contribution in [0.5, 0.6) is 0 Å². The van der Waals surface area contributed by atoms with Crippen molar-refractivity contribution in [1.82, 2.24) is 0 Å². The Kier molecular flexibility index (Phi) is 11.0. The molecule has 0 spiro atoms. The van der Waals surface area contributed by atoms with Gasteiger partial charge in [-0.2, -0.15) is 0 Å². The van der Waals surface area contributed by atoms with Gasteiger partial charge in [0.25, 0.3) is 0 Å². The van der Waals surface area contributed by atoms with Crippen LogP contribution in [0.2, 0.25) is 39.3 Å². The molecule has 0 bridgehead atoms. The molecular weight excluding hydrogens is 537 g/mol. The molecule has 2 atom stereocenters. The van der Waals surface area contributed by atoms with Gasteiger partial charge in [-0.25, -0.2) is 0 Å². The minimum absolute atomic E-state index is 0.0777. The van der Waals surface area contributed by atoms with Crippen LogP contribution in [0, 0.1) is 0 Å². The second-order valence-electron chi connectivity index (χ2n) is 13.3. The summed E-state index contributed by atoms with van der Waals surface area (Å²) in [5, 5.41) is 10.6. The monoisotopic (exact) mass is 588 g/mol. The van der Waals surface area contributed by atoms with Crippen molar-refractivity contribution in [2.45, 2.75) is 117 Å². The number of rotatable bonds is 13. The van der Waals surface area contributed by atoms with Crippen molar-refractivity contribution in [3.8, 4) is 11.1 Å². The van der Waals surface area contributed by atoms with Gasteiger partial charge in [-0.05, 0) is 112 Å². The zero-order chi connectivity index (χ0) is 29.8. The molecule has 1 heterocycles. The van der Waals surface area contributed by atoms with E-state index in [0.717, 1.165) is 53.5 Å². The predicted octanol–water partition coefficient (Wildman–Crippen LogP) is 7.73. The van der Waals surface area contributed by atoms with Crippen LogP contribution in [0.3, 0.4) is 0 Å². The zero-order valence-corrected chi connectivity index (χ0v) is 28.5. The lowest BCUT2D eigenvalue weighted by atomic mass is 9.86. The van der Waals surface area contributed by atoms with Crippen molar-refractivity contribution < 1.29 is 28.2 Å². The van der Waals surface area contributed by atoms with Crippen molar-refractivity contribution in [1.29, 1.82) is 0 Å². The van der Waals surface area contributed by atoms with Gasteiger partial charge in [0.05, 0.1) is 25.9 Å². The molecule has 8 heteroatoms. The average molecular weight is 589 g/mol. The molecule has 1 saturated heterocycles. The first-order valence-electron chi connectivity index (χ1n) is 14.7. The summed E-state index contributed by atoms with van der Waals surface area (Å²) in [4.78, 5) is 0. The van der Waals surface area contributed by atoms with Gasteiger partial charge in [0.1, 0.15) is 0 Å². The molecular formula is C32H52O6Si2. The summed E-state index contributed by atoms with van der Waals surface area (Å²) in [6.07, 6.45) is 3.52. The molecule has 1 fully saturated rings. The van der Waals surface area contributed by atoms with E-state index in [1.807, 2.05) is 13.8 Å². The molecule has 40 heavy (non-hydrogen) atoms. The summed E-state index contributed by atoms with van der Waals surface area (Å²) < 4.78 is 32.2. The number of aliphatic hydroxyl groups excluding tert-OH is 1. The van der Waals surface area contributed by atoms with E-state index < -0.39 is 28.2 Å². The minimum atomic E-state index is -2.10. The van der Waals surface area contributed by atoms with Crippen molar-refractivity contribution in [3.05, 3.63) is 58.7 Å². The number of ether oxygens (including phenoxy) is 3. The first-order valence-corrected chi connectivity index (χ1v) is 21.5. The van der Waals surface area contributed by atoms with E-state index in [0.29, 0.717) is 6.61 Å². The normalized spacial score (nSPS) is 20.6. The third kappa shape index (κ3) is 9.07. The van der Waals surface area contributed by atoms with Gasteiger partial charge in [0.2, 0.25) is 0 Å². The Bertz CT molecular complexity index is 1100. The lowest BCUT2D eigenvalue weighted by Gasteiger charge is -2.46. The van der Waals surface area contributed by atoms with E-state index >= 15 is 0 Å². The lowest BCUT2D eigenvalue weighted by Crippen LogP contribution is -2.49. The van der Waals surface area contributed by atoms with Crippen LogP contribution in [-0.4, -0.2) is 47.3 Å². The van der Waals surface area contributed by atoms with Gasteiger partial charge in [0, 0.05) is 19.1 Å². The maximum atomic E-state index is 10.6. The van der Waals surface area contributed by atoms with E-state index in [9.17, 15) is 5.11 Å². The Morgan fingerprint density at radius 1 is 1.00 bits per heavy atom. The lowest BCUT2D eigenvalue weighted by molar-refractivity contribution is -0.257. The Hall–Kier alpha value is -1.37. The zero-order valence-electron chi connectivity index (χ0n) is 26.5. The van der Waals surface area contributed by atoms with Crippen molar-refractivity contribution in [2.24, 2.45) is 0 Å². The van der Waals surface area contributed by atoms with Crippen LogP contribution >= 0.6 is 0 Å². The standard InChI is InChI=1S/C32H52O6Si2/c1-11-24-14-16-25(17-15-24)26-19-27(21-33)29(23-35-31(2,3)34-4)30(20-26)32(38-40(8,9)10)18-12-13-28(37-32)22-36-39(5,6)7/h14-17,19-20,28,33H,11-13,18,21-23H2,1-10H3. The third-order valence-corrected chi connectivity index (χ3v) is 9.21. The largest absolute Gasteiger partial charge is 0.415 e. The second kappa shape index (κ2) is 13.3. The third-order valence-electron chi connectivity index (χ3n) is 7.24. The molecule has 0 radical (unpaired) electrons. The van der Waals surface area contributed by atoms with Crippen molar-refractivity contribution in [2.75, 3.05) is 13.7 Å². The summed E-state index contributed by atoms with van der Waals surface area (Å²) >= 11 is 0. The molecule has 1 aliphatic rings. The second-order valence-corrected chi connectivity index (χ2v) is 22.2. The van der Waals surface area contributed by atoms with Crippen LogP contribution in [-0.2, 0) is 48.5 Å². The van der Waals surface area contributed by atoms with Crippen LogP contribution in [0.25, 0.3) is 11.1 Å². The summed E-state index contributed by atoms with van der Waals surface area (Å²) in [6, 6.07) is 12.9. The Labute approximate surface area is 244 Å². The fraction of sp³-hybridized carbons (Fsp3) is 0.625. The number of aliphatic hydroxyl groups is 1. The Morgan fingerprint density at radius 2 is 1.68 bits per heavy atom. The molecule has 0 saturated carbocycles. The van der Waals surface area contributed by atoms with Gasteiger partial charge in [-0.15, -0.1) is 0 Å². The fourth-order valence-corrected chi connectivity index (χ4v) is 6.96. The molecule has 2 aromatic rings. The van der Waals surface area contributed by atoms with E-state index in [1.165, 1.54) is 5.56 Å². The van der Waals surface area contributed by atoms with Crippen LogP contribution in [0.4, 0.5) is 0 Å². The quantitative estimate of drug-likeness (QED) is 0.191. The molecule has 0 aromatic heterocycles. The minimum Gasteiger partial charge on any atom is -0.415 e. The molecule has 0 aliphatic carbocycles. The Morgan fingerprint density at radius 3 is 2.23 bits per heavy atom. The van der Waals surface area contributed by atoms with E-state index in [4.69, 9.17) is 23.1 Å². The highest BCUT2D eigenvalue weighted by molar-refractivity contribution is 6.70. The topological polar surface area (TPSA) is 66.4 Å². The van der Waals surface area contributed by atoms with Gasteiger partial charge >= 0.3 is 0 Å². The molecule has 0 amide bonds. The van der Waals surface area contributed by atoms with E-state index in [1.54, 1.807) is 7.11 Å².